The van der Waals surface area contributed by atoms with Crippen molar-refractivity contribution in [2.75, 3.05) is 0 Å². The molecule has 0 aromatic heterocycles. The van der Waals surface area contributed by atoms with E-state index in [9.17, 15) is 4.79 Å². The quantitative estimate of drug-likeness (QED) is 0.773. The summed E-state index contributed by atoms with van der Waals surface area (Å²) in [6.45, 7) is 3.67. The van der Waals surface area contributed by atoms with Crippen molar-refractivity contribution in [3.63, 3.8) is 0 Å². The maximum Gasteiger partial charge on any atom is 0.150 e. The highest BCUT2D eigenvalue weighted by atomic mass is 35.5. The highest BCUT2D eigenvalue weighted by Crippen LogP contribution is 2.30. The minimum absolute atomic E-state index is 0.679. The zero-order chi connectivity index (χ0) is 15.5. The van der Waals surface area contributed by atoms with E-state index in [1.165, 1.54) is 11.1 Å². The highest BCUT2D eigenvalue weighted by Gasteiger charge is 2.22. The summed E-state index contributed by atoms with van der Waals surface area (Å²) in [6, 6.07) is 16.2. The van der Waals surface area contributed by atoms with Crippen molar-refractivity contribution in [3.8, 4) is 0 Å². The fourth-order valence-corrected chi connectivity index (χ4v) is 3.15. The second-order valence-corrected chi connectivity index (χ2v) is 6.17. The SMILES string of the molecule is C/C(Cl)=C(\Cc1ccccc1C=O)N1Cc2ccccc2C1. The molecule has 0 atom stereocenters. The molecule has 0 N–H and O–H groups in total. The van der Waals surface area contributed by atoms with E-state index in [1.807, 2.05) is 31.2 Å². The fraction of sp³-hybridized carbons (Fsp3) is 0.211. The smallest absolute Gasteiger partial charge is 0.150 e. The van der Waals surface area contributed by atoms with E-state index >= 15 is 0 Å². The average Bonchev–Trinajstić information content (AvgIpc) is 2.96. The molecule has 22 heavy (non-hydrogen) atoms. The van der Waals surface area contributed by atoms with Crippen LogP contribution in [0.3, 0.4) is 0 Å². The van der Waals surface area contributed by atoms with Crippen LogP contribution in [0.2, 0.25) is 0 Å². The van der Waals surface area contributed by atoms with E-state index in [0.29, 0.717) is 6.42 Å². The third-order valence-electron chi connectivity index (χ3n) is 4.16. The molecule has 1 aliphatic rings. The zero-order valence-electron chi connectivity index (χ0n) is 12.6. The van der Waals surface area contributed by atoms with Gasteiger partial charge in [-0.3, -0.25) is 4.79 Å². The van der Waals surface area contributed by atoms with Crippen LogP contribution in [0.4, 0.5) is 0 Å². The van der Waals surface area contributed by atoms with Gasteiger partial charge in [0.1, 0.15) is 6.29 Å². The molecule has 112 valence electrons. The van der Waals surface area contributed by atoms with Crippen LogP contribution in [0.5, 0.6) is 0 Å². The Hall–Kier alpha value is -2.06. The Labute approximate surface area is 136 Å². The van der Waals surface area contributed by atoms with Crippen molar-refractivity contribution >= 4 is 17.9 Å². The predicted octanol–water partition coefficient (Wildman–Crippen LogP) is 4.53. The van der Waals surface area contributed by atoms with Crippen LogP contribution in [0.15, 0.2) is 59.3 Å². The summed E-state index contributed by atoms with van der Waals surface area (Å²) in [5.74, 6) is 0. The lowest BCUT2D eigenvalue weighted by Crippen LogP contribution is -2.19. The van der Waals surface area contributed by atoms with Crippen LogP contribution >= 0.6 is 11.6 Å². The van der Waals surface area contributed by atoms with Crippen LogP contribution < -0.4 is 0 Å². The highest BCUT2D eigenvalue weighted by molar-refractivity contribution is 6.29. The third-order valence-corrected chi connectivity index (χ3v) is 4.38. The fourth-order valence-electron chi connectivity index (χ4n) is 2.97. The summed E-state index contributed by atoms with van der Waals surface area (Å²) in [5, 5.41) is 0.786. The molecule has 0 saturated heterocycles. The van der Waals surface area contributed by atoms with Crippen molar-refractivity contribution in [2.45, 2.75) is 26.4 Å². The normalized spacial score (nSPS) is 14.5. The number of hydrogen-bond acceptors (Lipinski definition) is 2. The van der Waals surface area contributed by atoms with Gasteiger partial charge in [-0.05, 0) is 23.6 Å². The zero-order valence-corrected chi connectivity index (χ0v) is 13.3. The molecule has 0 unspecified atom stereocenters. The lowest BCUT2D eigenvalue weighted by Gasteiger charge is -2.23. The number of aldehydes is 1. The van der Waals surface area contributed by atoms with Gasteiger partial charge in [0.2, 0.25) is 0 Å². The molecule has 1 aliphatic heterocycles. The van der Waals surface area contributed by atoms with Gasteiger partial charge in [-0.2, -0.15) is 0 Å². The molecule has 0 spiro atoms. The number of nitrogens with zero attached hydrogens (tertiary/aromatic N) is 1. The number of fused-ring (bicyclic) bond motifs is 1. The second-order valence-electron chi connectivity index (χ2n) is 5.60. The monoisotopic (exact) mass is 311 g/mol. The molecule has 0 amide bonds. The van der Waals surface area contributed by atoms with E-state index in [1.54, 1.807) is 0 Å². The molecule has 2 aromatic rings. The van der Waals surface area contributed by atoms with Crippen molar-refractivity contribution in [1.82, 2.24) is 4.90 Å². The van der Waals surface area contributed by atoms with E-state index in [0.717, 1.165) is 41.2 Å². The van der Waals surface area contributed by atoms with Gasteiger partial charge >= 0.3 is 0 Å². The molecule has 1 heterocycles. The number of rotatable bonds is 4. The van der Waals surface area contributed by atoms with Crippen LogP contribution in [0.25, 0.3) is 0 Å². The van der Waals surface area contributed by atoms with Gasteiger partial charge in [0.25, 0.3) is 0 Å². The molecule has 0 aliphatic carbocycles. The van der Waals surface area contributed by atoms with Gasteiger partial charge in [0, 0.05) is 35.8 Å². The van der Waals surface area contributed by atoms with Gasteiger partial charge in [0.15, 0.2) is 0 Å². The Morgan fingerprint density at radius 1 is 1.09 bits per heavy atom. The standard InChI is InChI=1S/C19H18ClNO/c1-14(20)19(10-15-6-2-5-9-18(15)13-22)21-11-16-7-3-4-8-17(16)12-21/h2-9,13H,10-12H2,1H3/b19-14-. The summed E-state index contributed by atoms with van der Waals surface area (Å²) in [4.78, 5) is 13.5. The maximum absolute atomic E-state index is 11.2. The third kappa shape index (κ3) is 2.93. The van der Waals surface area contributed by atoms with Crippen molar-refractivity contribution in [2.24, 2.45) is 0 Å². The molecular weight excluding hydrogens is 294 g/mol. The Morgan fingerprint density at radius 3 is 2.27 bits per heavy atom. The maximum atomic E-state index is 11.2. The molecule has 2 aromatic carbocycles. The minimum Gasteiger partial charge on any atom is -0.365 e. The Morgan fingerprint density at radius 2 is 1.68 bits per heavy atom. The van der Waals surface area contributed by atoms with Crippen molar-refractivity contribution < 1.29 is 4.79 Å². The summed E-state index contributed by atoms with van der Waals surface area (Å²) in [5.41, 5.74) is 5.54. The molecule has 0 radical (unpaired) electrons. The Balaban J connectivity index is 1.87. The van der Waals surface area contributed by atoms with Crippen molar-refractivity contribution in [1.29, 1.82) is 0 Å². The first kappa shape index (κ1) is 14.9. The van der Waals surface area contributed by atoms with Crippen molar-refractivity contribution in [3.05, 3.63) is 81.5 Å². The van der Waals surface area contributed by atoms with E-state index in [2.05, 4.69) is 29.2 Å². The summed E-state index contributed by atoms with van der Waals surface area (Å²) in [7, 11) is 0. The Bertz CT molecular complexity index is 707. The summed E-state index contributed by atoms with van der Waals surface area (Å²) >= 11 is 6.36. The number of hydrogen-bond donors (Lipinski definition) is 0. The largest absolute Gasteiger partial charge is 0.365 e. The topological polar surface area (TPSA) is 20.3 Å². The molecule has 3 rings (SSSR count). The molecule has 0 bridgehead atoms. The van der Waals surface area contributed by atoms with Gasteiger partial charge in [-0.25, -0.2) is 0 Å². The molecular formula is C19H18ClNO. The number of carbonyl (C=O) groups is 1. The minimum atomic E-state index is 0.679. The lowest BCUT2D eigenvalue weighted by atomic mass is 10.0. The first-order valence-corrected chi connectivity index (χ1v) is 7.77. The number of carbonyl (C=O) groups excluding carboxylic acids is 1. The van der Waals surface area contributed by atoms with Gasteiger partial charge in [0.05, 0.1) is 0 Å². The van der Waals surface area contributed by atoms with Crippen LogP contribution in [0.1, 0.15) is 34.0 Å². The average molecular weight is 312 g/mol. The van der Waals surface area contributed by atoms with E-state index < -0.39 is 0 Å². The van der Waals surface area contributed by atoms with Gasteiger partial charge in [-0.1, -0.05) is 60.1 Å². The van der Waals surface area contributed by atoms with Gasteiger partial charge in [-0.15, -0.1) is 0 Å². The second kappa shape index (κ2) is 6.37. The van der Waals surface area contributed by atoms with E-state index in [4.69, 9.17) is 11.6 Å². The number of halogens is 1. The molecule has 0 fully saturated rings. The predicted molar refractivity (Wildman–Crippen MR) is 89.8 cm³/mol. The Kier molecular flexibility index (Phi) is 4.30. The van der Waals surface area contributed by atoms with Crippen LogP contribution in [-0.4, -0.2) is 11.2 Å². The van der Waals surface area contributed by atoms with Crippen LogP contribution in [0, 0.1) is 0 Å². The summed E-state index contributed by atoms with van der Waals surface area (Å²) < 4.78 is 0. The first-order chi connectivity index (χ1) is 10.7. The lowest BCUT2D eigenvalue weighted by molar-refractivity contribution is 0.112. The number of benzene rings is 2. The number of allylic oxidation sites excluding steroid dienone is 2. The molecule has 0 saturated carbocycles. The molecule has 2 nitrogen and oxygen atoms in total. The summed E-state index contributed by atoms with van der Waals surface area (Å²) in [6.07, 6.45) is 1.59. The first-order valence-electron chi connectivity index (χ1n) is 7.39. The van der Waals surface area contributed by atoms with Gasteiger partial charge < -0.3 is 4.90 Å². The van der Waals surface area contributed by atoms with Crippen LogP contribution in [-0.2, 0) is 19.5 Å². The molecule has 3 heteroatoms. The van der Waals surface area contributed by atoms with E-state index in [-0.39, 0.29) is 0 Å².